The third-order valence-electron chi connectivity index (χ3n) is 10.8. The number of rotatable bonds is 19. The lowest BCUT2D eigenvalue weighted by Gasteiger charge is -2.38. The zero-order valence-electron chi connectivity index (χ0n) is 26.9. The van der Waals surface area contributed by atoms with E-state index in [0.717, 1.165) is 57.9 Å². The number of hydrogen-bond acceptors (Lipinski definition) is 8. The van der Waals surface area contributed by atoms with Gasteiger partial charge in [0, 0.05) is 18.4 Å². The number of piperidine rings is 1. The van der Waals surface area contributed by atoms with E-state index in [9.17, 15) is 30.3 Å². The fraction of sp³-hybridized carbons (Fsp3) is 0.912. The Hall–Kier alpha value is -1.07. The van der Waals surface area contributed by atoms with Crippen molar-refractivity contribution in [3.63, 3.8) is 0 Å². The molecule has 1 aliphatic heterocycles. The molecule has 43 heavy (non-hydrogen) atoms. The minimum Gasteiger partial charge on any atom is -0.481 e. The first-order valence-corrected chi connectivity index (χ1v) is 17.4. The molecule has 2 aliphatic carbocycles. The van der Waals surface area contributed by atoms with Gasteiger partial charge in [-0.05, 0) is 95.6 Å². The summed E-state index contributed by atoms with van der Waals surface area (Å²) in [5, 5.41) is 60.8. The summed E-state index contributed by atoms with van der Waals surface area (Å²) >= 11 is 0. The van der Waals surface area contributed by atoms with Crippen LogP contribution in [0, 0.1) is 35.5 Å². The molecule has 0 spiro atoms. The summed E-state index contributed by atoms with van der Waals surface area (Å²) in [5.41, 5.74) is 4.72. The van der Waals surface area contributed by atoms with Gasteiger partial charge in [0.05, 0.1) is 36.0 Å². The molecule has 9 N–H and O–H groups in total. The van der Waals surface area contributed by atoms with Crippen LogP contribution >= 0.6 is 0 Å². The van der Waals surface area contributed by atoms with E-state index in [-0.39, 0.29) is 30.5 Å². The quantitative estimate of drug-likeness (QED) is 0.0807. The van der Waals surface area contributed by atoms with Gasteiger partial charge in [-0.1, -0.05) is 57.6 Å². The zero-order chi connectivity index (χ0) is 31.4. The van der Waals surface area contributed by atoms with Crippen LogP contribution < -0.4 is 16.4 Å². The molecule has 0 radical (unpaired) electrons. The molecule has 0 aromatic heterocycles. The van der Waals surface area contributed by atoms with E-state index in [1.54, 1.807) is 7.05 Å². The van der Waals surface area contributed by atoms with Crippen LogP contribution in [-0.4, -0.2) is 81.7 Å². The SMILES string of the molecule is CCCCCC1C=CC(CCCCCC(C(=O)O)C(O)CC(CNC)C2(O)CC(CC3CCNC(N)C3)CC2O)C(O)C1. The second-order valence-corrected chi connectivity index (χ2v) is 14.2. The molecule has 0 amide bonds. The molecule has 9 heteroatoms. The highest BCUT2D eigenvalue weighted by molar-refractivity contribution is 5.70. The van der Waals surface area contributed by atoms with Crippen LogP contribution in [0.15, 0.2) is 12.2 Å². The Morgan fingerprint density at radius 3 is 2.51 bits per heavy atom. The number of carbonyl (C=O) groups is 1. The van der Waals surface area contributed by atoms with E-state index in [2.05, 4.69) is 29.7 Å². The number of aliphatic hydroxyl groups excluding tert-OH is 3. The summed E-state index contributed by atoms with van der Waals surface area (Å²) in [5.74, 6) is -1.12. The average Bonchev–Trinajstić information content (AvgIpc) is 3.24. The number of carboxylic acid groups (broad SMARTS) is 1. The highest BCUT2D eigenvalue weighted by atomic mass is 16.4. The topological polar surface area (TPSA) is 168 Å². The summed E-state index contributed by atoms with van der Waals surface area (Å²) in [6.07, 6.45) is 15.4. The molecule has 250 valence electrons. The molecular weight excluding hydrogens is 546 g/mol. The van der Waals surface area contributed by atoms with Crippen LogP contribution in [0.3, 0.4) is 0 Å². The molecule has 11 atom stereocenters. The molecule has 9 nitrogen and oxygen atoms in total. The Bertz CT molecular complexity index is 845. The second-order valence-electron chi connectivity index (χ2n) is 14.2. The van der Waals surface area contributed by atoms with Crippen molar-refractivity contribution >= 4 is 5.97 Å². The van der Waals surface area contributed by atoms with E-state index in [1.807, 2.05) is 0 Å². The fourth-order valence-corrected chi connectivity index (χ4v) is 8.26. The van der Waals surface area contributed by atoms with Gasteiger partial charge in [-0.3, -0.25) is 4.79 Å². The predicted molar refractivity (Wildman–Crippen MR) is 170 cm³/mol. The first-order chi connectivity index (χ1) is 20.6. The zero-order valence-corrected chi connectivity index (χ0v) is 26.9. The van der Waals surface area contributed by atoms with Crippen LogP contribution in [0.1, 0.15) is 110 Å². The summed E-state index contributed by atoms with van der Waals surface area (Å²) in [6, 6.07) is 0. The van der Waals surface area contributed by atoms with E-state index in [0.29, 0.717) is 44.1 Å². The molecule has 1 saturated heterocycles. The molecule has 1 heterocycles. The fourth-order valence-electron chi connectivity index (χ4n) is 8.26. The van der Waals surface area contributed by atoms with E-state index in [1.165, 1.54) is 19.3 Å². The molecule has 1 saturated carbocycles. The maximum absolute atomic E-state index is 12.2. The number of allylic oxidation sites excluding steroid dienone is 1. The van der Waals surface area contributed by atoms with Gasteiger partial charge in [-0.2, -0.15) is 0 Å². The van der Waals surface area contributed by atoms with Crippen molar-refractivity contribution < 1.29 is 30.3 Å². The van der Waals surface area contributed by atoms with Gasteiger partial charge >= 0.3 is 5.97 Å². The molecule has 2 fully saturated rings. The van der Waals surface area contributed by atoms with Crippen molar-refractivity contribution in [3.05, 3.63) is 12.2 Å². The number of unbranched alkanes of at least 4 members (excludes halogenated alkanes) is 4. The van der Waals surface area contributed by atoms with Crippen molar-refractivity contribution in [1.29, 1.82) is 0 Å². The third-order valence-corrected chi connectivity index (χ3v) is 10.8. The van der Waals surface area contributed by atoms with Gasteiger partial charge in [0.2, 0.25) is 0 Å². The largest absolute Gasteiger partial charge is 0.481 e. The van der Waals surface area contributed by atoms with Crippen molar-refractivity contribution in [3.8, 4) is 0 Å². The van der Waals surface area contributed by atoms with Gasteiger partial charge in [-0.15, -0.1) is 0 Å². The molecule has 0 aromatic carbocycles. The van der Waals surface area contributed by atoms with E-state index < -0.39 is 35.6 Å². The number of carboxylic acids is 1. The predicted octanol–water partition coefficient (Wildman–Crippen LogP) is 3.53. The second kappa shape index (κ2) is 18.2. The van der Waals surface area contributed by atoms with Crippen LogP contribution in [0.4, 0.5) is 0 Å². The number of nitrogens with two attached hydrogens (primary N) is 1. The smallest absolute Gasteiger partial charge is 0.309 e. The number of hydrogen-bond donors (Lipinski definition) is 8. The standard InChI is InChI=1S/C34H63N3O6/c1-3-4-6-9-23-12-13-26(29(38)17-23)10-7-5-8-11-28(33(41)42)30(39)20-27(22-36-2)34(43)21-25(18-31(34)40)16-24-14-15-37-32(35)19-24/h12-13,23-32,36-40,43H,3-11,14-22,35H2,1-2H3,(H,41,42). The van der Waals surface area contributed by atoms with Crippen molar-refractivity contribution in [2.75, 3.05) is 20.1 Å². The first-order valence-electron chi connectivity index (χ1n) is 17.4. The van der Waals surface area contributed by atoms with E-state index in [4.69, 9.17) is 5.73 Å². The Kier molecular flexibility index (Phi) is 15.4. The number of aliphatic hydroxyl groups is 4. The van der Waals surface area contributed by atoms with Gasteiger partial charge < -0.3 is 41.9 Å². The maximum atomic E-state index is 12.2. The Labute approximate surface area is 260 Å². The van der Waals surface area contributed by atoms with Gasteiger partial charge in [-0.25, -0.2) is 0 Å². The minimum absolute atomic E-state index is 0.00680. The van der Waals surface area contributed by atoms with Gasteiger partial charge in [0.25, 0.3) is 0 Å². The van der Waals surface area contributed by atoms with Crippen molar-refractivity contribution in [1.82, 2.24) is 10.6 Å². The lowest BCUT2D eigenvalue weighted by molar-refractivity contribution is -0.148. The van der Waals surface area contributed by atoms with Crippen molar-refractivity contribution in [2.24, 2.45) is 41.2 Å². The monoisotopic (exact) mass is 609 g/mol. The molecular formula is C34H63N3O6. The molecule has 11 unspecified atom stereocenters. The molecule has 0 aromatic rings. The molecule has 3 aliphatic rings. The lowest BCUT2D eigenvalue weighted by atomic mass is 9.77. The van der Waals surface area contributed by atoms with Gasteiger partial charge in [0.15, 0.2) is 0 Å². The van der Waals surface area contributed by atoms with Crippen LogP contribution in [-0.2, 0) is 4.79 Å². The average molecular weight is 610 g/mol. The van der Waals surface area contributed by atoms with Crippen LogP contribution in [0.5, 0.6) is 0 Å². The van der Waals surface area contributed by atoms with Gasteiger partial charge in [0.1, 0.15) is 0 Å². The summed E-state index contributed by atoms with van der Waals surface area (Å²) in [7, 11) is 1.78. The number of nitrogens with one attached hydrogen (secondary N) is 2. The third kappa shape index (κ3) is 11.0. The summed E-state index contributed by atoms with van der Waals surface area (Å²) < 4.78 is 0. The lowest BCUT2D eigenvalue weighted by Crippen LogP contribution is -2.50. The van der Waals surface area contributed by atoms with Crippen molar-refractivity contribution in [2.45, 2.75) is 140 Å². The number of aliphatic carboxylic acids is 1. The summed E-state index contributed by atoms with van der Waals surface area (Å²) in [4.78, 5) is 12.2. The van der Waals surface area contributed by atoms with Crippen LogP contribution in [0.2, 0.25) is 0 Å². The van der Waals surface area contributed by atoms with Crippen LogP contribution in [0.25, 0.3) is 0 Å². The Balaban J connectivity index is 1.46. The highest BCUT2D eigenvalue weighted by Crippen LogP contribution is 2.45. The first kappa shape index (κ1) is 36.4. The Morgan fingerprint density at radius 2 is 1.84 bits per heavy atom. The normalized spacial score (nSPS) is 35.1. The van der Waals surface area contributed by atoms with E-state index >= 15 is 0 Å². The maximum Gasteiger partial charge on any atom is 0.309 e. The highest BCUT2D eigenvalue weighted by Gasteiger charge is 2.51. The summed E-state index contributed by atoms with van der Waals surface area (Å²) in [6.45, 7) is 3.48. The molecule has 3 rings (SSSR count). The Morgan fingerprint density at radius 1 is 1.07 bits per heavy atom. The minimum atomic E-state index is -1.36. The molecule has 0 bridgehead atoms.